The van der Waals surface area contributed by atoms with Crippen molar-refractivity contribution in [2.45, 2.75) is 31.2 Å². The highest BCUT2D eigenvalue weighted by Crippen LogP contribution is 2.39. The molecule has 20 heavy (non-hydrogen) atoms. The molecule has 0 radical (unpaired) electrons. The van der Waals surface area contributed by atoms with E-state index in [0.29, 0.717) is 5.92 Å². The zero-order chi connectivity index (χ0) is 13.4. The number of rotatable bonds is 2. The Labute approximate surface area is 120 Å². The highest BCUT2D eigenvalue weighted by atomic mass is 15.2. The normalized spacial score (nSPS) is 25.8. The third-order valence-electron chi connectivity index (χ3n) is 4.90. The predicted octanol–water partition coefficient (Wildman–Crippen LogP) is 3.70. The monoisotopic (exact) mass is 264 g/mol. The lowest BCUT2D eigenvalue weighted by Gasteiger charge is -2.20. The van der Waals surface area contributed by atoms with Crippen molar-refractivity contribution in [1.29, 1.82) is 0 Å². The van der Waals surface area contributed by atoms with Gasteiger partial charge in [-0.25, -0.2) is 0 Å². The first-order valence-corrected chi connectivity index (χ1v) is 7.66. The summed E-state index contributed by atoms with van der Waals surface area (Å²) in [5.41, 5.74) is 3.95. The van der Waals surface area contributed by atoms with Gasteiger partial charge in [-0.3, -0.25) is 9.88 Å². The van der Waals surface area contributed by atoms with Crippen LogP contribution >= 0.6 is 0 Å². The Morgan fingerprint density at radius 1 is 0.950 bits per heavy atom. The summed E-state index contributed by atoms with van der Waals surface area (Å²) < 4.78 is 0. The van der Waals surface area contributed by atoms with Gasteiger partial charge < -0.3 is 0 Å². The third kappa shape index (κ3) is 2.04. The summed E-state index contributed by atoms with van der Waals surface area (Å²) in [5.74, 6) is 0.689. The van der Waals surface area contributed by atoms with E-state index in [1.165, 1.54) is 49.0 Å². The molecule has 102 valence electrons. The highest BCUT2D eigenvalue weighted by molar-refractivity contribution is 5.63. The fourth-order valence-corrected chi connectivity index (χ4v) is 3.92. The van der Waals surface area contributed by atoms with E-state index in [4.69, 9.17) is 0 Å². The van der Waals surface area contributed by atoms with Gasteiger partial charge in [-0.1, -0.05) is 30.3 Å². The van der Waals surface area contributed by atoms with E-state index >= 15 is 0 Å². The average Bonchev–Trinajstić information content (AvgIpc) is 3.11. The minimum absolute atomic E-state index is 0.689. The molecular formula is C18H20N2. The fraction of sp³-hybridized carbons (Fsp3) is 0.389. The number of benzene rings is 1. The van der Waals surface area contributed by atoms with Crippen LogP contribution in [0, 0.1) is 0 Å². The lowest BCUT2D eigenvalue weighted by atomic mass is 9.90. The van der Waals surface area contributed by atoms with Crippen molar-refractivity contribution < 1.29 is 0 Å². The summed E-state index contributed by atoms with van der Waals surface area (Å²) >= 11 is 0. The maximum Gasteiger partial charge on any atom is 0.0346 e. The highest BCUT2D eigenvalue weighted by Gasteiger charge is 2.37. The molecule has 2 unspecified atom stereocenters. The molecule has 0 bridgehead atoms. The van der Waals surface area contributed by atoms with E-state index < -0.39 is 0 Å². The molecule has 2 aliphatic rings. The van der Waals surface area contributed by atoms with Crippen molar-refractivity contribution in [2.75, 3.05) is 13.1 Å². The van der Waals surface area contributed by atoms with Crippen LogP contribution in [0.15, 0.2) is 48.8 Å². The molecule has 2 aromatic rings. The Kier molecular flexibility index (Phi) is 3.04. The van der Waals surface area contributed by atoms with E-state index in [0.717, 1.165) is 6.04 Å². The number of pyridine rings is 1. The second-order valence-corrected chi connectivity index (χ2v) is 6.01. The molecule has 0 spiro atoms. The second kappa shape index (κ2) is 5.02. The Balaban J connectivity index is 1.66. The largest absolute Gasteiger partial charge is 0.300 e. The van der Waals surface area contributed by atoms with Crippen LogP contribution in [-0.4, -0.2) is 29.0 Å². The Morgan fingerprint density at radius 2 is 1.85 bits per heavy atom. The molecule has 2 saturated heterocycles. The van der Waals surface area contributed by atoms with E-state index in [9.17, 15) is 0 Å². The number of fused-ring (bicyclic) bond motifs is 1. The summed E-state index contributed by atoms with van der Waals surface area (Å²) in [6, 6.07) is 13.7. The fourth-order valence-electron chi connectivity index (χ4n) is 3.92. The molecule has 2 atom stereocenters. The topological polar surface area (TPSA) is 16.1 Å². The molecule has 0 aliphatic carbocycles. The Bertz CT molecular complexity index is 593. The molecule has 2 nitrogen and oxygen atoms in total. The van der Waals surface area contributed by atoms with E-state index in [1.807, 2.05) is 6.20 Å². The van der Waals surface area contributed by atoms with Gasteiger partial charge in [0.1, 0.15) is 0 Å². The molecule has 0 saturated carbocycles. The molecular weight excluding hydrogens is 244 g/mol. The first-order chi connectivity index (χ1) is 9.92. The molecule has 0 N–H and O–H groups in total. The summed E-state index contributed by atoms with van der Waals surface area (Å²) in [7, 11) is 0. The van der Waals surface area contributed by atoms with Gasteiger partial charge in [-0.05, 0) is 49.5 Å². The van der Waals surface area contributed by atoms with Crippen LogP contribution in [0.2, 0.25) is 0 Å². The maximum atomic E-state index is 4.50. The lowest BCUT2D eigenvalue weighted by Crippen LogP contribution is -2.25. The van der Waals surface area contributed by atoms with Gasteiger partial charge in [0.15, 0.2) is 0 Å². The minimum atomic E-state index is 0.689. The van der Waals surface area contributed by atoms with Gasteiger partial charge in [0.05, 0.1) is 0 Å². The van der Waals surface area contributed by atoms with Crippen LogP contribution in [0.1, 0.15) is 30.7 Å². The van der Waals surface area contributed by atoms with E-state index in [-0.39, 0.29) is 0 Å². The van der Waals surface area contributed by atoms with Crippen LogP contribution in [0.5, 0.6) is 0 Å². The number of hydrogen-bond acceptors (Lipinski definition) is 2. The molecule has 2 heteroatoms. The van der Waals surface area contributed by atoms with Gasteiger partial charge in [-0.15, -0.1) is 0 Å². The summed E-state index contributed by atoms with van der Waals surface area (Å²) in [6.07, 6.45) is 8.09. The van der Waals surface area contributed by atoms with Crippen molar-refractivity contribution in [2.24, 2.45) is 0 Å². The zero-order valence-corrected chi connectivity index (χ0v) is 11.7. The summed E-state index contributed by atoms with van der Waals surface area (Å²) in [5, 5.41) is 0. The molecule has 4 rings (SSSR count). The van der Waals surface area contributed by atoms with Crippen molar-refractivity contribution in [3.05, 3.63) is 54.4 Å². The van der Waals surface area contributed by atoms with Gasteiger partial charge >= 0.3 is 0 Å². The summed E-state index contributed by atoms with van der Waals surface area (Å²) in [4.78, 5) is 7.17. The van der Waals surface area contributed by atoms with Gasteiger partial charge in [0.2, 0.25) is 0 Å². The predicted molar refractivity (Wildman–Crippen MR) is 81.6 cm³/mol. The van der Waals surface area contributed by atoms with Gasteiger partial charge in [-0.2, -0.15) is 0 Å². The van der Waals surface area contributed by atoms with Crippen molar-refractivity contribution in [3.63, 3.8) is 0 Å². The number of aromatic nitrogens is 1. The van der Waals surface area contributed by atoms with Crippen LogP contribution < -0.4 is 0 Å². The minimum Gasteiger partial charge on any atom is -0.300 e. The second-order valence-electron chi connectivity index (χ2n) is 6.01. The first kappa shape index (κ1) is 12.1. The van der Waals surface area contributed by atoms with E-state index in [1.54, 1.807) is 0 Å². The van der Waals surface area contributed by atoms with Crippen molar-refractivity contribution >= 4 is 0 Å². The van der Waals surface area contributed by atoms with E-state index in [2.05, 4.69) is 52.5 Å². The van der Waals surface area contributed by atoms with Crippen molar-refractivity contribution in [1.82, 2.24) is 9.88 Å². The van der Waals surface area contributed by atoms with Crippen LogP contribution in [0.3, 0.4) is 0 Å². The van der Waals surface area contributed by atoms with Gasteiger partial charge in [0, 0.05) is 29.9 Å². The van der Waals surface area contributed by atoms with Crippen LogP contribution in [0.25, 0.3) is 11.1 Å². The van der Waals surface area contributed by atoms with Crippen molar-refractivity contribution in [3.8, 4) is 11.1 Å². The smallest absolute Gasteiger partial charge is 0.0346 e. The van der Waals surface area contributed by atoms with Crippen LogP contribution in [0.4, 0.5) is 0 Å². The lowest BCUT2D eigenvalue weighted by molar-refractivity contribution is 0.314. The number of hydrogen-bond donors (Lipinski definition) is 0. The molecule has 2 aliphatic heterocycles. The van der Waals surface area contributed by atoms with Crippen LogP contribution in [-0.2, 0) is 0 Å². The molecule has 2 fully saturated rings. The average molecular weight is 264 g/mol. The Hall–Kier alpha value is -1.67. The molecule has 1 aromatic heterocycles. The third-order valence-corrected chi connectivity index (χ3v) is 4.90. The molecule has 0 amide bonds. The number of nitrogens with zero attached hydrogens (tertiary/aromatic N) is 2. The quantitative estimate of drug-likeness (QED) is 0.822. The van der Waals surface area contributed by atoms with Gasteiger partial charge in [0.25, 0.3) is 0 Å². The summed E-state index contributed by atoms with van der Waals surface area (Å²) in [6.45, 7) is 2.57. The first-order valence-electron chi connectivity index (χ1n) is 7.66. The maximum absolute atomic E-state index is 4.50. The standard InChI is InChI=1S/C18H20N2/c1-2-5-14(6-3-1)15-11-16(13-19-12-15)17-8-10-20-9-4-7-18(17)20/h1-3,5-6,11-13,17-18H,4,7-10H2. The SMILES string of the molecule is c1ccc(-c2cncc(C3CCN4CCCC34)c2)cc1. The molecule has 3 heterocycles. The Morgan fingerprint density at radius 3 is 2.75 bits per heavy atom. The molecule has 1 aromatic carbocycles. The zero-order valence-electron chi connectivity index (χ0n) is 11.7.